The summed E-state index contributed by atoms with van der Waals surface area (Å²) in [5.74, 6) is -1.09. The molecule has 1 heterocycles. The number of pyridine rings is 1. The van der Waals surface area contributed by atoms with Crippen LogP contribution in [0.1, 0.15) is 21.7 Å². The number of carboxylic acids is 1. The highest BCUT2D eigenvalue weighted by Crippen LogP contribution is 2.23. The third kappa shape index (κ3) is 4.20. The largest absolute Gasteiger partial charge is 0.478 e. The van der Waals surface area contributed by atoms with Gasteiger partial charge >= 0.3 is 5.97 Å². The molecule has 6 nitrogen and oxygen atoms in total. The molecule has 0 aliphatic rings. The Morgan fingerprint density at radius 3 is 2.47 bits per heavy atom. The Labute approximate surface area is 113 Å². The van der Waals surface area contributed by atoms with Crippen molar-refractivity contribution in [2.45, 2.75) is 13.8 Å². The van der Waals surface area contributed by atoms with Crippen LogP contribution >= 0.6 is 0 Å². The summed E-state index contributed by atoms with van der Waals surface area (Å²) in [6.45, 7) is 3.64. The van der Waals surface area contributed by atoms with Crippen LogP contribution in [0.3, 0.4) is 0 Å². The summed E-state index contributed by atoms with van der Waals surface area (Å²) < 4.78 is 22.3. The molecule has 1 rings (SSSR count). The lowest BCUT2D eigenvalue weighted by Crippen LogP contribution is -2.27. The standard InChI is InChI=1S/C12H18N2O4S/c1-8-7-10(11(12(15)16)9(2)13-8)14(3)5-6-19(4,17)18/h7H,5-6H2,1-4H3,(H,15,16). The van der Waals surface area contributed by atoms with Crippen molar-refractivity contribution >= 4 is 21.5 Å². The van der Waals surface area contributed by atoms with Crippen LogP contribution in [0.5, 0.6) is 0 Å². The molecule has 1 aromatic rings. The minimum Gasteiger partial charge on any atom is -0.478 e. The van der Waals surface area contributed by atoms with Gasteiger partial charge in [-0.25, -0.2) is 13.2 Å². The summed E-state index contributed by atoms with van der Waals surface area (Å²) in [4.78, 5) is 17.0. The van der Waals surface area contributed by atoms with Gasteiger partial charge in [-0.1, -0.05) is 0 Å². The van der Waals surface area contributed by atoms with Crippen LogP contribution in [0.4, 0.5) is 5.69 Å². The number of anilines is 1. The lowest BCUT2D eigenvalue weighted by atomic mass is 10.1. The lowest BCUT2D eigenvalue weighted by molar-refractivity contribution is 0.0696. The number of nitrogens with zero attached hydrogens (tertiary/aromatic N) is 2. The molecule has 0 radical (unpaired) electrons. The topological polar surface area (TPSA) is 87.6 Å². The van der Waals surface area contributed by atoms with Gasteiger partial charge < -0.3 is 10.0 Å². The number of hydrogen-bond donors (Lipinski definition) is 1. The maximum atomic E-state index is 11.3. The molecule has 106 valence electrons. The third-order valence-electron chi connectivity index (χ3n) is 2.73. The van der Waals surface area contributed by atoms with Crippen molar-refractivity contribution in [2.75, 3.05) is 30.5 Å². The predicted molar refractivity (Wildman–Crippen MR) is 73.7 cm³/mol. The number of aromatic carboxylic acids is 1. The Hall–Kier alpha value is -1.63. The second-order valence-corrected chi connectivity index (χ2v) is 6.86. The van der Waals surface area contributed by atoms with Gasteiger partial charge in [0.2, 0.25) is 0 Å². The SMILES string of the molecule is Cc1cc(N(C)CCS(C)(=O)=O)c(C(=O)O)c(C)n1. The molecule has 0 saturated carbocycles. The molecule has 0 aliphatic heterocycles. The highest BCUT2D eigenvalue weighted by molar-refractivity contribution is 7.90. The number of hydrogen-bond acceptors (Lipinski definition) is 5. The van der Waals surface area contributed by atoms with Crippen LogP contribution in [-0.4, -0.2) is 50.1 Å². The van der Waals surface area contributed by atoms with E-state index in [2.05, 4.69) is 4.98 Å². The maximum Gasteiger partial charge on any atom is 0.339 e. The fourth-order valence-corrected chi connectivity index (χ4v) is 2.40. The first-order chi connectivity index (χ1) is 8.61. The fraction of sp³-hybridized carbons (Fsp3) is 0.500. The fourth-order valence-electron chi connectivity index (χ4n) is 1.80. The van der Waals surface area contributed by atoms with Crippen LogP contribution in [0.25, 0.3) is 0 Å². The Bertz CT molecular complexity index is 596. The minimum absolute atomic E-state index is 0.0248. The van der Waals surface area contributed by atoms with E-state index in [4.69, 9.17) is 0 Å². The predicted octanol–water partition coefficient (Wildman–Crippen LogP) is 0.877. The monoisotopic (exact) mass is 286 g/mol. The van der Waals surface area contributed by atoms with Gasteiger partial charge in [0.15, 0.2) is 0 Å². The minimum atomic E-state index is -3.09. The molecule has 0 aromatic carbocycles. The van der Waals surface area contributed by atoms with Crippen LogP contribution in [0.2, 0.25) is 0 Å². The number of aryl methyl sites for hydroxylation is 2. The van der Waals surface area contributed by atoms with Gasteiger partial charge in [-0.3, -0.25) is 4.98 Å². The zero-order valence-corrected chi connectivity index (χ0v) is 12.3. The summed E-state index contributed by atoms with van der Waals surface area (Å²) in [7, 11) is -1.41. The Balaban J connectivity index is 3.14. The van der Waals surface area contributed by atoms with E-state index in [0.29, 0.717) is 17.1 Å². The highest BCUT2D eigenvalue weighted by Gasteiger charge is 2.18. The lowest BCUT2D eigenvalue weighted by Gasteiger charge is -2.22. The van der Waals surface area contributed by atoms with Crippen molar-refractivity contribution in [3.63, 3.8) is 0 Å². The van der Waals surface area contributed by atoms with E-state index in [1.807, 2.05) is 0 Å². The van der Waals surface area contributed by atoms with E-state index in [9.17, 15) is 18.3 Å². The molecule has 7 heteroatoms. The zero-order valence-electron chi connectivity index (χ0n) is 11.5. The van der Waals surface area contributed by atoms with Crippen molar-refractivity contribution < 1.29 is 18.3 Å². The normalized spacial score (nSPS) is 11.4. The van der Waals surface area contributed by atoms with Crippen LogP contribution in [-0.2, 0) is 9.84 Å². The molecule has 0 aliphatic carbocycles. The van der Waals surface area contributed by atoms with E-state index < -0.39 is 15.8 Å². The Morgan fingerprint density at radius 1 is 1.42 bits per heavy atom. The number of carboxylic acid groups (broad SMARTS) is 1. The van der Waals surface area contributed by atoms with E-state index >= 15 is 0 Å². The number of sulfone groups is 1. The van der Waals surface area contributed by atoms with Gasteiger partial charge in [0.05, 0.1) is 17.1 Å². The highest BCUT2D eigenvalue weighted by atomic mass is 32.2. The average Bonchev–Trinajstić information content (AvgIpc) is 2.22. The maximum absolute atomic E-state index is 11.3. The molecular formula is C12H18N2O4S. The van der Waals surface area contributed by atoms with E-state index in [1.54, 1.807) is 31.9 Å². The number of carbonyl (C=O) groups is 1. The van der Waals surface area contributed by atoms with Crippen LogP contribution in [0, 0.1) is 13.8 Å². The van der Waals surface area contributed by atoms with Crippen molar-refractivity contribution in [3.05, 3.63) is 23.0 Å². The molecule has 0 unspecified atom stereocenters. The third-order valence-corrected chi connectivity index (χ3v) is 3.65. The number of rotatable bonds is 5. The summed E-state index contributed by atoms with van der Waals surface area (Å²) in [6, 6.07) is 1.65. The summed E-state index contributed by atoms with van der Waals surface area (Å²) in [5, 5.41) is 9.23. The molecule has 0 fully saturated rings. The van der Waals surface area contributed by atoms with Gasteiger partial charge in [-0.05, 0) is 19.9 Å². The summed E-state index contributed by atoms with van der Waals surface area (Å²) >= 11 is 0. The van der Waals surface area contributed by atoms with Gasteiger partial charge in [0.1, 0.15) is 15.4 Å². The molecule has 19 heavy (non-hydrogen) atoms. The van der Waals surface area contributed by atoms with Gasteiger partial charge in [-0.2, -0.15) is 0 Å². The summed E-state index contributed by atoms with van der Waals surface area (Å²) in [5.41, 5.74) is 1.72. The first kappa shape index (κ1) is 15.4. The second-order valence-electron chi connectivity index (χ2n) is 4.60. The first-order valence-electron chi connectivity index (χ1n) is 5.72. The zero-order chi connectivity index (χ0) is 14.8. The Kier molecular flexibility index (Phi) is 4.52. The van der Waals surface area contributed by atoms with Crippen molar-refractivity contribution in [2.24, 2.45) is 0 Å². The van der Waals surface area contributed by atoms with Gasteiger partial charge in [-0.15, -0.1) is 0 Å². The van der Waals surface area contributed by atoms with Crippen molar-refractivity contribution in [1.29, 1.82) is 0 Å². The van der Waals surface area contributed by atoms with Crippen molar-refractivity contribution in [3.8, 4) is 0 Å². The molecule has 1 N–H and O–H groups in total. The molecule has 0 spiro atoms. The quantitative estimate of drug-likeness (QED) is 0.864. The van der Waals surface area contributed by atoms with Crippen LogP contribution < -0.4 is 4.90 Å². The van der Waals surface area contributed by atoms with E-state index in [0.717, 1.165) is 6.26 Å². The van der Waals surface area contributed by atoms with E-state index in [1.165, 1.54) is 0 Å². The molecular weight excluding hydrogens is 268 g/mol. The molecule has 0 saturated heterocycles. The number of aromatic nitrogens is 1. The second kappa shape index (κ2) is 5.56. The van der Waals surface area contributed by atoms with Crippen molar-refractivity contribution in [1.82, 2.24) is 4.98 Å². The molecule has 0 atom stereocenters. The first-order valence-corrected chi connectivity index (χ1v) is 7.78. The summed E-state index contributed by atoms with van der Waals surface area (Å²) in [6.07, 6.45) is 1.15. The van der Waals surface area contributed by atoms with Crippen LogP contribution in [0.15, 0.2) is 6.07 Å². The van der Waals surface area contributed by atoms with Gasteiger partial charge in [0.25, 0.3) is 0 Å². The molecule has 0 amide bonds. The molecule has 1 aromatic heterocycles. The Morgan fingerprint density at radius 2 is 2.00 bits per heavy atom. The average molecular weight is 286 g/mol. The molecule has 0 bridgehead atoms. The van der Waals surface area contributed by atoms with Gasteiger partial charge in [0, 0.05) is 25.5 Å². The van der Waals surface area contributed by atoms with E-state index in [-0.39, 0.29) is 17.9 Å². The smallest absolute Gasteiger partial charge is 0.339 e.